The Morgan fingerprint density at radius 2 is 1.78 bits per heavy atom. The van der Waals surface area contributed by atoms with Crippen molar-refractivity contribution in [1.29, 1.82) is 0 Å². The highest BCUT2D eigenvalue weighted by Gasteiger charge is 2.23. The highest BCUT2D eigenvalue weighted by molar-refractivity contribution is 5.94. The summed E-state index contributed by atoms with van der Waals surface area (Å²) in [4.78, 5) is 30.4. The van der Waals surface area contributed by atoms with Crippen LogP contribution in [0.2, 0.25) is 0 Å². The molecule has 1 aliphatic rings. The number of piperazine rings is 1. The molecule has 6 nitrogen and oxygen atoms in total. The predicted octanol–water partition coefficient (Wildman–Crippen LogP) is 0.0915. The first kappa shape index (κ1) is 12.3. The molecule has 1 saturated heterocycles. The molecule has 1 aromatic rings. The highest BCUT2D eigenvalue weighted by Crippen LogP contribution is 2.12. The van der Waals surface area contributed by atoms with Gasteiger partial charge in [-0.2, -0.15) is 0 Å². The number of amides is 2. The van der Waals surface area contributed by atoms with Gasteiger partial charge in [0.05, 0.1) is 11.8 Å². The maximum absolute atomic E-state index is 12.1. The summed E-state index contributed by atoms with van der Waals surface area (Å²) in [7, 11) is 0. The summed E-state index contributed by atoms with van der Waals surface area (Å²) in [5.74, 6) is -0.161. The minimum absolute atomic E-state index is 0.0248. The second-order valence-electron chi connectivity index (χ2n) is 4.23. The predicted molar refractivity (Wildman–Crippen MR) is 64.1 cm³/mol. The number of carbonyl (C=O) groups excluding carboxylic acids is 2. The Balaban J connectivity index is 2.02. The van der Waals surface area contributed by atoms with Crippen molar-refractivity contribution in [3.05, 3.63) is 24.0 Å². The molecular weight excluding hydrogens is 234 g/mol. The van der Waals surface area contributed by atoms with Gasteiger partial charge in [-0.05, 0) is 6.07 Å². The van der Waals surface area contributed by atoms with Crippen molar-refractivity contribution in [3.63, 3.8) is 0 Å². The van der Waals surface area contributed by atoms with E-state index in [4.69, 9.17) is 0 Å². The number of hydrogen-bond acceptors (Lipinski definition) is 4. The third-order valence-corrected chi connectivity index (χ3v) is 2.98. The number of aromatic hydroxyl groups is 1. The Bertz CT molecular complexity index is 467. The summed E-state index contributed by atoms with van der Waals surface area (Å²) in [5, 5.41) is 9.29. The normalized spacial score (nSPS) is 15.6. The van der Waals surface area contributed by atoms with Crippen LogP contribution in [0.3, 0.4) is 0 Å². The molecule has 2 heterocycles. The number of hydrogen-bond donors (Lipinski definition) is 1. The summed E-state index contributed by atoms with van der Waals surface area (Å²) in [5.41, 5.74) is 0.367. The number of pyridine rings is 1. The molecule has 6 heteroatoms. The third-order valence-electron chi connectivity index (χ3n) is 2.98. The standard InChI is InChI=1S/C12H15N3O3/c1-9(16)14-2-4-15(5-3-14)12(18)10-6-11(17)8-13-7-10/h6-8,17H,2-5H2,1H3. The van der Waals surface area contributed by atoms with Crippen LogP contribution in [0.4, 0.5) is 0 Å². The smallest absolute Gasteiger partial charge is 0.255 e. The maximum Gasteiger partial charge on any atom is 0.255 e. The summed E-state index contributed by atoms with van der Waals surface area (Å²) >= 11 is 0. The second kappa shape index (κ2) is 5.03. The van der Waals surface area contributed by atoms with Crippen LogP contribution in [-0.4, -0.2) is 57.9 Å². The van der Waals surface area contributed by atoms with Crippen LogP contribution < -0.4 is 0 Å². The zero-order valence-corrected chi connectivity index (χ0v) is 10.2. The molecule has 0 aromatic carbocycles. The van der Waals surface area contributed by atoms with Gasteiger partial charge in [0.25, 0.3) is 5.91 Å². The lowest BCUT2D eigenvalue weighted by molar-refractivity contribution is -0.130. The third kappa shape index (κ3) is 2.58. The van der Waals surface area contributed by atoms with Crippen molar-refractivity contribution in [3.8, 4) is 5.75 Å². The molecule has 1 aromatic heterocycles. The molecule has 0 bridgehead atoms. The molecule has 0 aliphatic carbocycles. The van der Waals surface area contributed by atoms with Crippen LogP contribution in [0, 0.1) is 0 Å². The van der Waals surface area contributed by atoms with Crippen molar-refractivity contribution in [2.24, 2.45) is 0 Å². The van der Waals surface area contributed by atoms with E-state index in [0.29, 0.717) is 31.7 Å². The average Bonchev–Trinajstić information content (AvgIpc) is 2.38. The van der Waals surface area contributed by atoms with Crippen LogP contribution in [0.5, 0.6) is 5.75 Å². The van der Waals surface area contributed by atoms with Crippen molar-refractivity contribution in [1.82, 2.24) is 14.8 Å². The van der Waals surface area contributed by atoms with Gasteiger partial charge in [0.1, 0.15) is 5.75 Å². The Labute approximate surface area is 105 Å². The average molecular weight is 249 g/mol. The monoisotopic (exact) mass is 249 g/mol. The lowest BCUT2D eigenvalue weighted by Gasteiger charge is -2.34. The van der Waals surface area contributed by atoms with E-state index in [1.807, 2.05) is 0 Å². The summed E-state index contributed by atoms with van der Waals surface area (Å²) in [6.45, 7) is 3.64. The number of rotatable bonds is 1. The van der Waals surface area contributed by atoms with Crippen LogP contribution in [0.15, 0.2) is 18.5 Å². The van der Waals surface area contributed by atoms with Gasteiger partial charge >= 0.3 is 0 Å². The summed E-state index contributed by atoms with van der Waals surface area (Å²) < 4.78 is 0. The fraction of sp³-hybridized carbons (Fsp3) is 0.417. The highest BCUT2D eigenvalue weighted by atomic mass is 16.3. The number of carbonyl (C=O) groups is 2. The van der Waals surface area contributed by atoms with E-state index in [0.717, 1.165) is 0 Å². The van der Waals surface area contributed by atoms with E-state index in [1.165, 1.54) is 25.4 Å². The molecule has 2 amide bonds. The molecule has 0 saturated carbocycles. The van der Waals surface area contributed by atoms with Gasteiger partial charge in [-0.15, -0.1) is 0 Å². The summed E-state index contributed by atoms with van der Waals surface area (Å²) in [6.07, 6.45) is 2.71. The van der Waals surface area contributed by atoms with E-state index in [2.05, 4.69) is 4.98 Å². The molecule has 2 rings (SSSR count). The van der Waals surface area contributed by atoms with Crippen LogP contribution in [0.1, 0.15) is 17.3 Å². The molecule has 0 unspecified atom stereocenters. The zero-order chi connectivity index (χ0) is 13.1. The Hall–Kier alpha value is -2.11. The van der Waals surface area contributed by atoms with Gasteiger partial charge in [0, 0.05) is 39.3 Å². The van der Waals surface area contributed by atoms with Crippen LogP contribution in [-0.2, 0) is 4.79 Å². The zero-order valence-electron chi connectivity index (χ0n) is 10.2. The molecule has 96 valence electrons. The first-order valence-electron chi connectivity index (χ1n) is 5.77. The summed E-state index contributed by atoms with van der Waals surface area (Å²) in [6, 6.07) is 1.40. The second-order valence-corrected chi connectivity index (χ2v) is 4.23. The minimum atomic E-state index is -0.165. The van der Waals surface area contributed by atoms with Crippen molar-refractivity contribution >= 4 is 11.8 Å². The Kier molecular flexibility index (Phi) is 3.45. The number of aromatic nitrogens is 1. The van der Waals surface area contributed by atoms with Gasteiger partial charge in [-0.3, -0.25) is 14.6 Å². The lowest BCUT2D eigenvalue weighted by Crippen LogP contribution is -2.50. The quantitative estimate of drug-likeness (QED) is 0.765. The van der Waals surface area contributed by atoms with Gasteiger partial charge < -0.3 is 14.9 Å². The van der Waals surface area contributed by atoms with E-state index in [1.54, 1.807) is 9.80 Å². The fourth-order valence-electron chi connectivity index (χ4n) is 1.95. The lowest BCUT2D eigenvalue weighted by atomic mass is 10.2. The molecule has 1 N–H and O–H groups in total. The topological polar surface area (TPSA) is 73.7 Å². The van der Waals surface area contributed by atoms with Gasteiger partial charge in [0.2, 0.25) is 5.91 Å². The maximum atomic E-state index is 12.1. The van der Waals surface area contributed by atoms with E-state index in [9.17, 15) is 14.7 Å². The van der Waals surface area contributed by atoms with Gasteiger partial charge in [0.15, 0.2) is 0 Å². The molecule has 1 fully saturated rings. The van der Waals surface area contributed by atoms with Crippen molar-refractivity contribution in [2.45, 2.75) is 6.92 Å². The van der Waals surface area contributed by atoms with Crippen LogP contribution >= 0.6 is 0 Å². The van der Waals surface area contributed by atoms with Gasteiger partial charge in [-0.1, -0.05) is 0 Å². The van der Waals surface area contributed by atoms with Gasteiger partial charge in [-0.25, -0.2) is 0 Å². The first-order chi connectivity index (χ1) is 8.58. The molecule has 1 aliphatic heterocycles. The molecule has 0 radical (unpaired) electrons. The fourth-order valence-corrected chi connectivity index (χ4v) is 1.95. The van der Waals surface area contributed by atoms with Crippen molar-refractivity contribution < 1.29 is 14.7 Å². The number of nitrogens with zero attached hydrogens (tertiary/aromatic N) is 3. The molecular formula is C12H15N3O3. The molecule has 0 atom stereocenters. The van der Waals surface area contributed by atoms with E-state index in [-0.39, 0.29) is 17.6 Å². The first-order valence-corrected chi connectivity index (χ1v) is 5.77. The van der Waals surface area contributed by atoms with E-state index >= 15 is 0 Å². The van der Waals surface area contributed by atoms with Crippen molar-refractivity contribution in [2.75, 3.05) is 26.2 Å². The Morgan fingerprint density at radius 1 is 1.17 bits per heavy atom. The Morgan fingerprint density at radius 3 is 2.33 bits per heavy atom. The SMILES string of the molecule is CC(=O)N1CCN(C(=O)c2cncc(O)c2)CC1. The largest absolute Gasteiger partial charge is 0.506 e. The molecule has 18 heavy (non-hydrogen) atoms. The minimum Gasteiger partial charge on any atom is -0.506 e. The van der Waals surface area contributed by atoms with E-state index < -0.39 is 0 Å². The van der Waals surface area contributed by atoms with Crippen LogP contribution in [0.25, 0.3) is 0 Å². The molecule has 0 spiro atoms.